The van der Waals surface area contributed by atoms with E-state index in [-0.39, 0.29) is 5.41 Å². The van der Waals surface area contributed by atoms with Crippen molar-refractivity contribution in [1.82, 2.24) is 4.90 Å². The Kier molecular flexibility index (Phi) is 6.85. The molecule has 0 heterocycles. The van der Waals surface area contributed by atoms with Crippen molar-refractivity contribution in [2.75, 3.05) is 13.1 Å². The van der Waals surface area contributed by atoms with Gasteiger partial charge in [-0.15, -0.1) is 0 Å². The van der Waals surface area contributed by atoms with Crippen LogP contribution in [0.4, 0.5) is 0 Å². The Morgan fingerprint density at radius 1 is 0.958 bits per heavy atom. The highest BCUT2D eigenvalue weighted by molar-refractivity contribution is 6.30. The summed E-state index contributed by atoms with van der Waals surface area (Å²) in [6.45, 7) is 10.3. The van der Waals surface area contributed by atoms with Crippen molar-refractivity contribution in [3.63, 3.8) is 0 Å². The molecule has 0 atom stereocenters. The van der Waals surface area contributed by atoms with E-state index in [0.717, 1.165) is 37.6 Å². The van der Waals surface area contributed by atoms with E-state index in [1.54, 1.807) is 0 Å². The normalized spacial score (nSPS) is 11.9. The quantitative estimate of drug-likeness (QED) is 0.766. The Morgan fingerprint density at radius 3 is 2.21 bits per heavy atom. The van der Waals surface area contributed by atoms with Gasteiger partial charge < -0.3 is 5.73 Å². The molecule has 2 N–H and O–H groups in total. The second kappa shape index (κ2) is 8.66. The Hall–Kier alpha value is -1.35. The molecule has 2 nitrogen and oxygen atoms in total. The molecule has 0 aliphatic heterocycles. The molecule has 2 rings (SSSR count). The molecule has 0 saturated heterocycles. The molecule has 0 radical (unpaired) electrons. The van der Waals surface area contributed by atoms with Gasteiger partial charge in [0.05, 0.1) is 0 Å². The third kappa shape index (κ3) is 5.94. The number of rotatable bonds is 7. The lowest BCUT2D eigenvalue weighted by Gasteiger charge is -2.24. The molecule has 0 aromatic heterocycles. The Bertz CT molecular complexity index is 629. The van der Waals surface area contributed by atoms with Gasteiger partial charge in [-0.05, 0) is 47.2 Å². The second-order valence-corrected chi connectivity index (χ2v) is 7.87. The minimum atomic E-state index is 0.193. The van der Waals surface area contributed by atoms with Crippen molar-refractivity contribution in [3.05, 3.63) is 70.2 Å². The monoisotopic (exact) mass is 344 g/mol. The molecule has 0 aliphatic rings. The van der Waals surface area contributed by atoms with Crippen molar-refractivity contribution in [2.45, 2.75) is 45.7 Å². The predicted molar refractivity (Wildman–Crippen MR) is 104 cm³/mol. The summed E-state index contributed by atoms with van der Waals surface area (Å²) in [6.07, 6.45) is 1.00. The van der Waals surface area contributed by atoms with E-state index in [1.807, 2.05) is 18.2 Å². The summed E-state index contributed by atoms with van der Waals surface area (Å²) < 4.78 is 0. The zero-order valence-corrected chi connectivity index (χ0v) is 15.8. The van der Waals surface area contributed by atoms with Crippen molar-refractivity contribution in [3.8, 4) is 0 Å². The van der Waals surface area contributed by atoms with Gasteiger partial charge in [0, 0.05) is 24.7 Å². The molecule has 0 unspecified atom stereocenters. The summed E-state index contributed by atoms with van der Waals surface area (Å²) in [5.74, 6) is 0. The van der Waals surface area contributed by atoms with Crippen molar-refractivity contribution >= 4 is 11.6 Å². The number of nitrogens with two attached hydrogens (primary N) is 1. The summed E-state index contributed by atoms with van der Waals surface area (Å²) in [4.78, 5) is 2.44. The third-order valence-corrected chi connectivity index (χ3v) is 4.43. The minimum Gasteiger partial charge on any atom is -0.330 e. The van der Waals surface area contributed by atoms with Crippen LogP contribution < -0.4 is 5.73 Å². The van der Waals surface area contributed by atoms with Gasteiger partial charge in [-0.25, -0.2) is 0 Å². The van der Waals surface area contributed by atoms with Crippen LogP contribution in [-0.2, 0) is 18.5 Å². The summed E-state index contributed by atoms with van der Waals surface area (Å²) in [5.41, 5.74) is 9.85. The Morgan fingerprint density at radius 2 is 1.62 bits per heavy atom. The average Bonchev–Trinajstić information content (AvgIpc) is 2.52. The number of hydrogen-bond donors (Lipinski definition) is 1. The maximum atomic E-state index is 6.11. The molecular weight excluding hydrogens is 316 g/mol. The Balaban J connectivity index is 2.07. The maximum Gasteiger partial charge on any atom is 0.0409 e. The first-order chi connectivity index (χ1) is 11.4. The van der Waals surface area contributed by atoms with Gasteiger partial charge in [-0.1, -0.05) is 68.8 Å². The van der Waals surface area contributed by atoms with Crippen molar-refractivity contribution in [1.29, 1.82) is 0 Å². The number of halogens is 1. The van der Waals surface area contributed by atoms with Gasteiger partial charge in [0.25, 0.3) is 0 Å². The standard InChI is InChI=1S/C21H29ClN2/c1-21(2,3)19-10-8-17(9-11-19)15-24(13-5-12-23)16-18-6-4-7-20(22)14-18/h4,6-11,14H,5,12-13,15-16,23H2,1-3H3. The zero-order valence-electron chi connectivity index (χ0n) is 15.1. The van der Waals surface area contributed by atoms with Gasteiger partial charge in [0.2, 0.25) is 0 Å². The number of nitrogens with zero attached hydrogens (tertiary/aromatic N) is 1. The van der Waals surface area contributed by atoms with E-state index in [0.29, 0.717) is 0 Å². The SMILES string of the molecule is CC(C)(C)c1ccc(CN(CCCN)Cc2cccc(Cl)c2)cc1. The molecule has 0 aliphatic carbocycles. The first kappa shape index (κ1) is 19.0. The predicted octanol–water partition coefficient (Wildman–Crippen LogP) is 4.99. The highest BCUT2D eigenvalue weighted by Crippen LogP contribution is 2.23. The van der Waals surface area contributed by atoms with E-state index in [9.17, 15) is 0 Å². The molecule has 130 valence electrons. The largest absolute Gasteiger partial charge is 0.330 e. The fourth-order valence-corrected chi connectivity index (χ4v) is 3.00. The van der Waals surface area contributed by atoms with Crippen LogP contribution in [0.1, 0.15) is 43.9 Å². The lowest BCUT2D eigenvalue weighted by atomic mass is 9.87. The first-order valence-electron chi connectivity index (χ1n) is 8.65. The topological polar surface area (TPSA) is 29.3 Å². The summed E-state index contributed by atoms with van der Waals surface area (Å²) in [5, 5.41) is 0.792. The van der Waals surface area contributed by atoms with Gasteiger partial charge in [0.15, 0.2) is 0 Å². The molecule has 24 heavy (non-hydrogen) atoms. The van der Waals surface area contributed by atoms with E-state index in [4.69, 9.17) is 17.3 Å². The van der Waals surface area contributed by atoms with Crippen LogP contribution in [0, 0.1) is 0 Å². The van der Waals surface area contributed by atoms with E-state index >= 15 is 0 Å². The molecule has 0 fully saturated rings. The van der Waals surface area contributed by atoms with Crippen LogP contribution in [-0.4, -0.2) is 18.0 Å². The summed E-state index contributed by atoms with van der Waals surface area (Å²) >= 11 is 6.11. The molecule has 0 saturated carbocycles. The van der Waals surface area contributed by atoms with Crippen molar-refractivity contribution < 1.29 is 0 Å². The fourth-order valence-electron chi connectivity index (χ4n) is 2.79. The Labute approximate surface area is 151 Å². The van der Waals surface area contributed by atoms with Gasteiger partial charge in [-0.3, -0.25) is 4.90 Å². The van der Waals surface area contributed by atoms with Crippen molar-refractivity contribution in [2.24, 2.45) is 5.73 Å². The highest BCUT2D eigenvalue weighted by atomic mass is 35.5. The second-order valence-electron chi connectivity index (χ2n) is 7.43. The highest BCUT2D eigenvalue weighted by Gasteiger charge is 2.13. The van der Waals surface area contributed by atoms with Crippen LogP contribution >= 0.6 is 11.6 Å². The van der Waals surface area contributed by atoms with Crippen LogP contribution in [0.25, 0.3) is 0 Å². The molecule has 0 bridgehead atoms. The van der Waals surface area contributed by atoms with E-state index in [2.05, 4.69) is 56.0 Å². The van der Waals surface area contributed by atoms with Crippen LogP contribution in [0.3, 0.4) is 0 Å². The van der Waals surface area contributed by atoms with Gasteiger partial charge >= 0.3 is 0 Å². The maximum absolute atomic E-state index is 6.11. The molecule has 0 amide bonds. The van der Waals surface area contributed by atoms with Crippen LogP contribution in [0.2, 0.25) is 5.02 Å². The van der Waals surface area contributed by atoms with Gasteiger partial charge in [-0.2, -0.15) is 0 Å². The summed E-state index contributed by atoms with van der Waals surface area (Å²) in [6, 6.07) is 17.1. The molecule has 2 aromatic carbocycles. The number of benzene rings is 2. The van der Waals surface area contributed by atoms with Crippen LogP contribution in [0.5, 0.6) is 0 Å². The first-order valence-corrected chi connectivity index (χ1v) is 9.02. The zero-order chi connectivity index (χ0) is 17.6. The fraction of sp³-hybridized carbons (Fsp3) is 0.429. The lowest BCUT2D eigenvalue weighted by Crippen LogP contribution is -2.25. The molecular formula is C21H29ClN2. The van der Waals surface area contributed by atoms with Crippen LogP contribution in [0.15, 0.2) is 48.5 Å². The molecule has 0 spiro atoms. The van der Waals surface area contributed by atoms with Gasteiger partial charge in [0.1, 0.15) is 0 Å². The minimum absolute atomic E-state index is 0.193. The lowest BCUT2D eigenvalue weighted by molar-refractivity contribution is 0.255. The molecule has 2 aromatic rings. The number of hydrogen-bond acceptors (Lipinski definition) is 2. The smallest absolute Gasteiger partial charge is 0.0409 e. The van der Waals surface area contributed by atoms with E-state index < -0.39 is 0 Å². The van der Waals surface area contributed by atoms with E-state index in [1.165, 1.54) is 16.7 Å². The third-order valence-electron chi connectivity index (χ3n) is 4.20. The molecule has 3 heteroatoms. The average molecular weight is 345 g/mol. The summed E-state index contributed by atoms with van der Waals surface area (Å²) in [7, 11) is 0.